The summed E-state index contributed by atoms with van der Waals surface area (Å²) < 4.78 is 2.75. The number of aromatic nitrogens is 3. The van der Waals surface area contributed by atoms with Crippen molar-refractivity contribution in [3.63, 3.8) is 0 Å². The maximum Gasteiger partial charge on any atom is 0.306 e. The minimum atomic E-state index is -0.676. The molecule has 1 saturated carbocycles. The zero-order chi connectivity index (χ0) is 13.4. The van der Waals surface area contributed by atoms with Crippen LogP contribution in [-0.2, 0) is 4.79 Å². The Morgan fingerprint density at radius 1 is 1.37 bits per heavy atom. The van der Waals surface area contributed by atoms with Crippen molar-refractivity contribution in [3.05, 3.63) is 28.6 Å². The first-order valence-corrected chi connectivity index (χ1v) is 7.17. The summed E-state index contributed by atoms with van der Waals surface area (Å²) in [5, 5.41) is 13.5. The number of hydrogen-bond acceptors (Lipinski definition) is 3. The van der Waals surface area contributed by atoms with Crippen LogP contribution in [0.4, 0.5) is 0 Å². The van der Waals surface area contributed by atoms with Gasteiger partial charge in [-0.3, -0.25) is 4.79 Å². The predicted molar refractivity (Wildman–Crippen MR) is 73.0 cm³/mol. The highest BCUT2D eigenvalue weighted by Crippen LogP contribution is 2.34. The van der Waals surface area contributed by atoms with Crippen molar-refractivity contribution in [1.29, 1.82) is 0 Å². The molecule has 19 heavy (non-hydrogen) atoms. The molecule has 3 rings (SSSR count). The highest BCUT2D eigenvalue weighted by molar-refractivity contribution is 9.10. The summed E-state index contributed by atoms with van der Waals surface area (Å²) in [6.45, 7) is 0. The zero-order valence-corrected chi connectivity index (χ0v) is 11.9. The summed E-state index contributed by atoms with van der Waals surface area (Å²) in [5.74, 6) is 0.254. The predicted octanol–water partition coefficient (Wildman–Crippen LogP) is 2.85. The van der Waals surface area contributed by atoms with E-state index in [9.17, 15) is 4.79 Å². The molecule has 1 fully saturated rings. The van der Waals surface area contributed by atoms with E-state index < -0.39 is 5.97 Å². The maximum atomic E-state index is 10.9. The van der Waals surface area contributed by atoms with Crippen molar-refractivity contribution in [1.82, 2.24) is 14.6 Å². The van der Waals surface area contributed by atoms with E-state index >= 15 is 0 Å². The average Bonchev–Trinajstić information content (AvgIpc) is 2.81. The Hall–Kier alpha value is -1.43. The molecule has 2 aromatic heterocycles. The third-order valence-electron chi connectivity index (χ3n) is 3.76. The molecule has 0 atom stereocenters. The van der Waals surface area contributed by atoms with Gasteiger partial charge in [0.25, 0.3) is 0 Å². The van der Waals surface area contributed by atoms with Gasteiger partial charge in [0.15, 0.2) is 11.5 Å². The molecule has 0 bridgehead atoms. The molecule has 1 N–H and O–H groups in total. The van der Waals surface area contributed by atoms with Crippen LogP contribution < -0.4 is 0 Å². The lowest BCUT2D eigenvalue weighted by Gasteiger charge is -2.23. The molecule has 1 aliphatic carbocycles. The third-order valence-corrected chi connectivity index (χ3v) is 4.25. The number of aliphatic carboxylic acids is 1. The SMILES string of the molecule is O=C(O)C1CCC(c2nc3cc(Br)ccn3n2)CC1. The van der Waals surface area contributed by atoms with Gasteiger partial charge in [-0.15, -0.1) is 0 Å². The van der Waals surface area contributed by atoms with Gasteiger partial charge in [-0.1, -0.05) is 15.9 Å². The Morgan fingerprint density at radius 2 is 2.11 bits per heavy atom. The summed E-state index contributed by atoms with van der Waals surface area (Å²) in [6, 6.07) is 3.85. The normalized spacial score (nSPS) is 23.6. The summed E-state index contributed by atoms with van der Waals surface area (Å²) in [7, 11) is 0. The van der Waals surface area contributed by atoms with E-state index in [0.29, 0.717) is 0 Å². The van der Waals surface area contributed by atoms with E-state index in [-0.39, 0.29) is 11.8 Å². The van der Waals surface area contributed by atoms with Crippen LogP contribution in [0.15, 0.2) is 22.8 Å². The van der Waals surface area contributed by atoms with Crippen LogP contribution >= 0.6 is 15.9 Å². The Morgan fingerprint density at radius 3 is 2.79 bits per heavy atom. The topological polar surface area (TPSA) is 67.5 Å². The van der Waals surface area contributed by atoms with Gasteiger partial charge in [0.05, 0.1) is 5.92 Å². The standard InChI is InChI=1S/C13H14BrN3O2/c14-10-5-6-17-11(7-10)15-12(16-17)8-1-3-9(4-2-8)13(18)19/h5-9H,1-4H2,(H,18,19). The molecule has 0 unspecified atom stereocenters. The van der Waals surface area contributed by atoms with Crippen LogP contribution in [0, 0.1) is 5.92 Å². The summed E-state index contributed by atoms with van der Waals surface area (Å²) in [6.07, 6.45) is 5.03. The Bertz CT molecular complexity index is 617. The van der Waals surface area contributed by atoms with Crippen LogP contribution in [0.3, 0.4) is 0 Å². The van der Waals surface area contributed by atoms with E-state index in [1.54, 1.807) is 4.52 Å². The van der Waals surface area contributed by atoms with Crippen LogP contribution in [-0.4, -0.2) is 25.7 Å². The number of pyridine rings is 1. The van der Waals surface area contributed by atoms with Crippen molar-refractivity contribution >= 4 is 27.5 Å². The molecule has 6 heteroatoms. The number of rotatable bonds is 2. The van der Waals surface area contributed by atoms with Crippen LogP contribution in [0.1, 0.15) is 37.4 Å². The average molecular weight is 324 g/mol. The summed E-state index contributed by atoms with van der Waals surface area (Å²) in [5.41, 5.74) is 0.824. The molecule has 5 nitrogen and oxygen atoms in total. The van der Waals surface area contributed by atoms with Gasteiger partial charge in [0, 0.05) is 16.6 Å². The first-order valence-electron chi connectivity index (χ1n) is 6.38. The molecule has 0 amide bonds. The number of halogens is 1. The highest BCUT2D eigenvalue weighted by Gasteiger charge is 2.28. The minimum Gasteiger partial charge on any atom is -0.481 e. The van der Waals surface area contributed by atoms with Gasteiger partial charge >= 0.3 is 5.97 Å². The monoisotopic (exact) mass is 323 g/mol. The smallest absolute Gasteiger partial charge is 0.306 e. The third kappa shape index (κ3) is 2.49. The number of hydrogen-bond donors (Lipinski definition) is 1. The van der Waals surface area contributed by atoms with E-state index in [2.05, 4.69) is 26.0 Å². The number of carbonyl (C=O) groups is 1. The lowest BCUT2D eigenvalue weighted by atomic mass is 9.82. The molecule has 0 radical (unpaired) electrons. The lowest BCUT2D eigenvalue weighted by Crippen LogP contribution is -2.21. The number of carboxylic acids is 1. The fourth-order valence-corrected chi connectivity index (χ4v) is 2.97. The van der Waals surface area contributed by atoms with Gasteiger partial charge in [-0.25, -0.2) is 9.50 Å². The summed E-state index contributed by atoms with van der Waals surface area (Å²) >= 11 is 3.42. The maximum absolute atomic E-state index is 10.9. The van der Waals surface area contributed by atoms with Crippen molar-refractivity contribution in [2.45, 2.75) is 31.6 Å². The fourth-order valence-electron chi connectivity index (χ4n) is 2.65. The molecule has 1 aliphatic rings. The first kappa shape index (κ1) is 12.6. The van der Waals surface area contributed by atoms with Crippen LogP contribution in [0.2, 0.25) is 0 Å². The van der Waals surface area contributed by atoms with E-state index in [4.69, 9.17) is 5.11 Å². The van der Waals surface area contributed by atoms with E-state index in [0.717, 1.165) is 41.6 Å². The van der Waals surface area contributed by atoms with Gasteiger partial charge < -0.3 is 5.11 Å². The second-order valence-corrected chi connectivity index (χ2v) is 5.92. The Kier molecular flexibility index (Phi) is 3.26. The molecule has 0 aromatic carbocycles. The molecule has 0 aliphatic heterocycles. The minimum absolute atomic E-state index is 0.192. The van der Waals surface area contributed by atoms with Gasteiger partial charge in [-0.05, 0) is 37.8 Å². The summed E-state index contributed by atoms with van der Waals surface area (Å²) in [4.78, 5) is 15.5. The van der Waals surface area contributed by atoms with Crippen molar-refractivity contribution in [2.24, 2.45) is 5.92 Å². The fraction of sp³-hybridized carbons (Fsp3) is 0.462. The molecule has 2 heterocycles. The van der Waals surface area contributed by atoms with E-state index in [1.165, 1.54) is 0 Å². The number of fused-ring (bicyclic) bond motifs is 1. The second kappa shape index (κ2) is 4.92. The van der Waals surface area contributed by atoms with Crippen molar-refractivity contribution in [3.8, 4) is 0 Å². The molecule has 2 aromatic rings. The van der Waals surface area contributed by atoms with E-state index in [1.807, 2.05) is 18.3 Å². The second-order valence-electron chi connectivity index (χ2n) is 5.00. The van der Waals surface area contributed by atoms with Crippen molar-refractivity contribution in [2.75, 3.05) is 0 Å². The molecule has 0 spiro atoms. The molecular weight excluding hydrogens is 310 g/mol. The van der Waals surface area contributed by atoms with Crippen LogP contribution in [0.25, 0.3) is 5.65 Å². The van der Waals surface area contributed by atoms with Gasteiger partial charge in [-0.2, -0.15) is 5.10 Å². The number of nitrogens with zero attached hydrogens (tertiary/aromatic N) is 3. The van der Waals surface area contributed by atoms with Crippen molar-refractivity contribution < 1.29 is 9.90 Å². The molecule has 100 valence electrons. The molecule has 0 saturated heterocycles. The van der Waals surface area contributed by atoms with Crippen LogP contribution in [0.5, 0.6) is 0 Å². The van der Waals surface area contributed by atoms with Gasteiger partial charge in [0.2, 0.25) is 0 Å². The largest absolute Gasteiger partial charge is 0.481 e. The van der Waals surface area contributed by atoms with Gasteiger partial charge in [0.1, 0.15) is 0 Å². The first-order chi connectivity index (χ1) is 9.13. The quantitative estimate of drug-likeness (QED) is 0.922. The Balaban J connectivity index is 1.80. The number of carboxylic acid groups (broad SMARTS) is 1. The highest BCUT2D eigenvalue weighted by atomic mass is 79.9. The lowest BCUT2D eigenvalue weighted by molar-refractivity contribution is -0.142. The molecular formula is C13H14BrN3O2. The Labute approximate surface area is 118 Å². The zero-order valence-electron chi connectivity index (χ0n) is 10.3.